The number of benzene rings is 1. The summed E-state index contributed by atoms with van der Waals surface area (Å²) in [6.45, 7) is 1.30. The van der Waals surface area contributed by atoms with Gasteiger partial charge in [-0.1, -0.05) is 11.6 Å². The Labute approximate surface area is 123 Å². The molecule has 5 heteroatoms. The second-order valence-electron chi connectivity index (χ2n) is 5.50. The van der Waals surface area contributed by atoms with Crippen LogP contribution in [-0.2, 0) is 9.59 Å². The average Bonchev–Trinajstić information content (AvgIpc) is 3.19. The van der Waals surface area contributed by atoms with E-state index in [1.807, 2.05) is 12.1 Å². The predicted octanol–water partition coefficient (Wildman–Crippen LogP) is 2.22. The van der Waals surface area contributed by atoms with Crippen LogP contribution in [0.4, 0.5) is 5.69 Å². The highest BCUT2D eigenvalue weighted by atomic mass is 35.5. The van der Waals surface area contributed by atoms with Gasteiger partial charge in [-0.25, -0.2) is 0 Å². The van der Waals surface area contributed by atoms with Crippen LogP contribution in [0.5, 0.6) is 0 Å². The normalized spacial score (nSPS) is 22.1. The highest BCUT2D eigenvalue weighted by Crippen LogP contribution is 2.29. The lowest BCUT2D eigenvalue weighted by molar-refractivity contribution is -0.132. The van der Waals surface area contributed by atoms with Crippen LogP contribution in [0.1, 0.15) is 19.3 Å². The molecular formula is C15H17ClN2O2. The predicted molar refractivity (Wildman–Crippen MR) is 77.6 cm³/mol. The van der Waals surface area contributed by atoms with Crippen molar-refractivity contribution in [1.82, 2.24) is 5.32 Å². The number of nitrogens with zero attached hydrogens (tertiary/aromatic N) is 1. The van der Waals surface area contributed by atoms with E-state index < -0.39 is 5.92 Å². The molecule has 1 aromatic rings. The van der Waals surface area contributed by atoms with Crippen LogP contribution >= 0.6 is 11.6 Å². The Morgan fingerprint density at radius 1 is 1.25 bits per heavy atom. The van der Waals surface area contributed by atoms with E-state index in [2.05, 4.69) is 5.32 Å². The lowest BCUT2D eigenvalue weighted by Gasteiger charge is -2.16. The minimum Gasteiger partial charge on any atom is -0.355 e. The monoisotopic (exact) mass is 292 g/mol. The van der Waals surface area contributed by atoms with Crippen LogP contribution < -0.4 is 10.2 Å². The van der Waals surface area contributed by atoms with Gasteiger partial charge in [-0.05, 0) is 49.4 Å². The standard InChI is InChI=1S/C15H17ClN2O2/c16-11-3-5-12(6-4-11)18-8-7-13(15(18)20)14(19)17-9-10-1-2-10/h3-6,10,13H,1-2,7-9H2,(H,17,19). The number of halogens is 1. The molecule has 1 aliphatic carbocycles. The fourth-order valence-corrected chi connectivity index (χ4v) is 2.62. The summed E-state index contributed by atoms with van der Waals surface area (Å²) in [5.74, 6) is -0.147. The minimum atomic E-state index is -0.538. The van der Waals surface area contributed by atoms with Crippen molar-refractivity contribution >= 4 is 29.1 Å². The topological polar surface area (TPSA) is 49.4 Å². The van der Waals surface area contributed by atoms with Crippen molar-refractivity contribution in [3.8, 4) is 0 Å². The molecule has 1 heterocycles. The summed E-state index contributed by atoms with van der Waals surface area (Å²) in [6.07, 6.45) is 2.96. The maximum atomic E-state index is 12.3. The van der Waals surface area contributed by atoms with Gasteiger partial charge in [-0.2, -0.15) is 0 Å². The summed E-state index contributed by atoms with van der Waals surface area (Å²) >= 11 is 5.84. The smallest absolute Gasteiger partial charge is 0.239 e. The van der Waals surface area contributed by atoms with Crippen molar-refractivity contribution in [2.75, 3.05) is 18.0 Å². The van der Waals surface area contributed by atoms with E-state index in [4.69, 9.17) is 11.6 Å². The number of nitrogens with one attached hydrogen (secondary N) is 1. The average molecular weight is 293 g/mol. The van der Waals surface area contributed by atoms with E-state index in [1.165, 1.54) is 12.8 Å². The van der Waals surface area contributed by atoms with Gasteiger partial charge in [0.25, 0.3) is 0 Å². The number of hydrogen-bond acceptors (Lipinski definition) is 2. The molecular weight excluding hydrogens is 276 g/mol. The first-order chi connectivity index (χ1) is 9.65. The van der Waals surface area contributed by atoms with Gasteiger partial charge >= 0.3 is 0 Å². The Hall–Kier alpha value is -1.55. The Bertz CT molecular complexity index is 525. The lowest BCUT2D eigenvalue weighted by Crippen LogP contribution is -2.37. The van der Waals surface area contributed by atoms with Gasteiger partial charge in [0.05, 0.1) is 0 Å². The van der Waals surface area contributed by atoms with E-state index in [0.717, 1.165) is 5.69 Å². The van der Waals surface area contributed by atoms with Crippen molar-refractivity contribution in [2.24, 2.45) is 11.8 Å². The molecule has 2 aliphatic rings. The van der Waals surface area contributed by atoms with Crippen molar-refractivity contribution < 1.29 is 9.59 Å². The Balaban J connectivity index is 1.63. The SMILES string of the molecule is O=C(NCC1CC1)C1CCN(c2ccc(Cl)cc2)C1=O. The fourth-order valence-electron chi connectivity index (χ4n) is 2.49. The van der Waals surface area contributed by atoms with E-state index in [-0.39, 0.29) is 11.8 Å². The molecule has 0 bridgehead atoms. The highest BCUT2D eigenvalue weighted by molar-refractivity contribution is 6.30. The number of carbonyl (C=O) groups is 2. The molecule has 0 spiro atoms. The molecule has 2 fully saturated rings. The molecule has 0 aromatic heterocycles. The first kappa shape index (κ1) is 13.4. The van der Waals surface area contributed by atoms with Crippen LogP contribution in [0, 0.1) is 11.8 Å². The zero-order valence-electron chi connectivity index (χ0n) is 11.1. The summed E-state index contributed by atoms with van der Waals surface area (Å²) in [7, 11) is 0. The van der Waals surface area contributed by atoms with Crippen LogP contribution in [-0.4, -0.2) is 24.9 Å². The molecule has 3 rings (SSSR count). The van der Waals surface area contributed by atoms with Crippen LogP contribution in [0.2, 0.25) is 5.02 Å². The molecule has 20 heavy (non-hydrogen) atoms. The van der Waals surface area contributed by atoms with Crippen molar-refractivity contribution in [2.45, 2.75) is 19.3 Å². The summed E-state index contributed by atoms with van der Waals surface area (Å²) < 4.78 is 0. The van der Waals surface area contributed by atoms with E-state index >= 15 is 0 Å². The van der Waals surface area contributed by atoms with Crippen molar-refractivity contribution in [3.05, 3.63) is 29.3 Å². The molecule has 0 radical (unpaired) electrons. The van der Waals surface area contributed by atoms with Gasteiger partial charge in [-0.15, -0.1) is 0 Å². The molecule has 1 aliphatic heterocycles. The van der Waals surface area contributed by atoms with Gasteiger partial charge in [0, 0.05) is 23.8 Å². The Morgan fingerprint density at radius 3 is 2.60 bits per heavy atom. The summed E-state index contributed by atoms with van der Waals surface area (Å²) in [6, 6.07) is 7.13. The first-order valence-corrected chi connectivity index (χ1v) is 7.37. The zero-order valence-corrected chi connectivity index (χ0v) is 11.9. The molecule has 1 saturated carbocycles. The number of hydrogen-bond donors (Lipinski definition) is 1. The lowest BCUT2D eigenvalue weighted by atomic mass is 10.1. The van der Waals surface area contributed by atoms with Crippen LogP contribution in [0.25, 0.3) is 0 Å². The fraction of sp³-hybridized carbons (Fsp3) is 0.467. The maximum absolute atomic E-state index is 12.3. The maximum Gasteiger partial charge on any atom is 0.239 e. The molecule has 2 amide bonds. The van der Waals surface area contributed by atoms with E-state index in [1.54, 1.807) is 17.0 Å². The highest BCUT2D eigenvalue weighted by Gasteiger charge is 2.37. The molecule has 106 valence electrons. The summed E-state index contributed by atoms with van der Waals surface area (Å²) in [5, 5.41) is 3.53. The first-order valence-electron chi connectivity index (χ1n) is 7.00. The van der Waals surface area contributed by atoms with Crippen LogP contribution in [0.15, 0.2) is 24.3 Å². The Morgan fingerprint density at radius 2 is 1.95 bits per heavy atom. The van der Waals surface area contributed by atoms with Crippen LogP contribution in [0.3, 0.4) is 0 Å². The third-order valence-corrected chi connectivity index (χ3v) is 4.17. The second kappa shape index (κ2) is 5.44. The third kappa shape index (κ3) is 2.80. The van der Waals surface area contributed by atoms with Crippen molar-refractivity contribution in [3.63, 3.8) is 0 Å². The minimum absolute atomic E-state index is 0.111. The molecule has 1 saturated heterocycles. The van der Waals surface area contributed by atoms with E-state index in [9.17, 15) is 9.59 Å². The zero-order chi connectivity index (χ0) is 14.1. The van der Waals surface area contributed by atoms with Crippen molar-refractivity contribution in [1.29, 1.82) is 0 Å². The van der Waals surface area contributed by atoms with Gasteiger partial charge in [0.15, 0.2) is 0 Å². The number of carbonyl (C=O) groups excluding carboxylic acids is 2. The molecule has 4 nitrogen and oxygen atoms in total. The summed E-state index contributed by atoms with van der Waals surface area (Å²) in [5.41, 5.74) is 0.803. The van der Waals surface area contributed by atoms with Gasteiger partial charge in [0.2, 0.25) is 11.8 Å². The number of amides is 2. The quantitative estimate of drug-likeness (QED) is 0.865. The number of rotatable bonds is 4. The number of anilines is 1. The van der Waals surface area contributed by atoms with Gasteiger partial charge in [-0.3, -0.25) is 9.59 Å². The van der Waals surface area contributed by atoms with E-state index in [0.29, 0.717) is 30.5 Å². The summed E-state index contributed by atoms with van der Waals surface area (Å²) in [4.78, 5) is 26.0. The van der Waals surface area contributed by atoms with Gasteiger partial charge < -0.3 is 10.2 Å². The Kier molecular flexibility index (Phi) is 3.66. The largest absolute Gasteiger partial charge is 0.355 e. The van der Waals surface area contributed by atoms with Gasteiger partial charge in [0.1, 0.15) is 5.92 Å². The third-order valence-electron chi connectivity index (χ3n) is 3.92. The second-order valence-corrected chi connectivity index (χ2v) is 5.93. The molecule has 1 atom stereocenters. The molecule has 1 unspecified atom stereocenters. The molecule has 1 N–H and O–H groups in total. The molecule has 1 aromatic carbocycles.